The molecule has 0 unspecified atom stereocenters. The number of nitrogens with one attached hydrogen (secondary N) is 1. The van der Waals surface area contributed by atoms with Gasteiger partial charge in [0.2, 0.25) is 5.91 Å². The van der Waals surface area contributed by atoms with Crippen molar-refractivity contribution < 1.29 is 22.8 Å². The Kier molecular flexibility index (Phi) is 4.47. The van der Waals surface area contributed by atoms with E-state index in [0.29, 0.717) is 5.56 Å². The molecule has 6 heteroatoms. The lowest BCUT2D eigenvalue weighted by Crippen LogP contribution is -2.47. The maximum Gasteiger partial charge on any atom is 0.452 e. The summed E-state index contributed by atoms with van der Waals surface area (Å²) < 4.78 is 37.1. The number of halogens is 3. The van der Waals surface area contributed by atoms with Gasteiger partial charge in [0, 0.05) is 13.3 Å². The lowest BCUT2D eigenvalue weighted by Gasteiger charge is -2.18. The minimum Gasteiger partial charge on any atom is -0.346 e. The predicted octanol–water partition coefficient (Wildman–Crippen LogP) is 1.87. The van der Waals surface area contributed by atoms with Crippen molar-refractivity contribution in [1.29, 1.82) is 0 Å². The van der Waals surface area contributed by atoms with E-state index in [4.69, 9.17) is 0 Å². The molecule has 1 aromatic rings. The molecule has 1 atom stereocenters. The highest BCUT2D eigenvalue weighted by molar-refractivity contribution is 5.92. The first kappa shape index (κ1) is 14.2. The molecule has 98 valence electrons. The van der Waals surface area contributed by atoms with Crippen molar-refractivity contribution in [2.45, 2.75) is 25.6 Å². The lowest BCUT2D eigenvalue weighted by atomic mass is 10.0. The highest BCUT2D eigenvalue weighted by atomic mass is 19.4. The fourth-order valence-electron chi connectivity index (χ4n) is 1.50. The van der Waals surface area contributed by atoms with Crippen LogP contribution in [0.3, 0.4) is 0 Å². The number of hydrogen-bond donors (Lipinski definition) is 1. The van der Waals surface area contributed by atoms with Gasteiger partial charge in [-0.2, -0.15) is 13.2 Å². The second kappa shape index (κ2) is 5.66. The fourth-order valence-corrected chi connectivity index (χ4v) is 1.50. The van der Waals surface area contributed by atoms with Crippen LogP contribution >= 0.6 is 0 Å². The Morgan fingerprint density at radius 2 is 1.78 bits per heavy atom. The van der Waals surface area contributed by atoms with Gasteiger partial charge in [-0.1, -0.05) is 30.3 Å². The zero-order valence-corrected chi connectivity index (χ0v) is 9.62. The number of rotatable bonds is 4. The van der Waals surface area contributed by atoms with Crippen LogP contribution in [0.2, 0.25) is 0 Å². The van der Waals surface area contributed by atoms with Gasteiger partial charge < -0.3 is 5.32 Å². The first-order valence-corrected chi connectivity index (χ1v) is 5.23. The average molecular weight is 259 g/mol. The number of carbonyl (C=O) groups is 2. The van der Waals surface area contributed by atoms with Crippen molar-refractivity contribution in [3.63, 3.8) is 0 Å². The smallest absolute Gasteiger partial charge is 0.346 e. The Morgan fingerprint density at radius 1 is 1.22 bits per heavy atom. The number of benzene rings is 1. The molecule has 0 heterocycles. The first-order chi connectivity index (χ1) is 8.30. The normalized spacial score (nSPS) is 12.9. The molecule has 0 saturated carbocycles. The lowest BCUT2D eigenvalue weighted by molar-refractivity contribution is -0.173. The minimum atomic E-state index is -4.96. The van der Waals surface area contributed by atoms with Crippen LogP contribution in [-0.4, -0.2) is 23.9 Å². The van der Waals surface area contributed by atoms with E-state index in [1.165, 1.54) is 0 Å². The van der Waals surface area contributed by atoms with E-state index in [-0.39, 0.29) is 6.42 Å². The molecule has 1 aromatic carbocycles. The molecule has 0 saturated heterocycles. The van der Waals surface area contributed by atoms with Gasteiger partial charge in [0.1, 0.15) is 6.04 Å². The van der Waals surface area contributed by atoms with Crippen molar-refractivity contribution in [2.75, 3.05) is 0 Å². The summed E-state index contributed by atoms with van der Waals surface area (Å²) in [5.74, 6) is -2.62. The van der Waals surface area contributed by atoms with Gasteiger partial charge in [0.05, 0.1) is 0 Å². The summed E-state index contributed by atoms with van der Waals surface area (Å²) in [7, 11) is 0. The van der Waals surface area contributed by atoms with Crippen molar-refractivity contribution in [1.82, 2.24) is 5.32 Å². The Balaban J connectivity index is 2.86. The van der Waals surface area contributed by atoms with Gasteiger partial charge in [0.15, 0.2) is 0 Å². The van der Waals surface area contributed by atoms with Gasteiger partial charge in [-0.25, -0.2) is 0 Å². The van der Waals surface area contributed by atoms with Crippen molar-refractivity contribution in [3.05, 3.63) is 35.9 Å². The van der Waals surface area contributed by atoms with Crippen molar-refractivity contribution in [2.24, 2.45) is 0 Å². The molecule has 0 aliphatic heterocycles. The number of ketones is 1. The van der Waals surface area contributed by atoms with E-state index in [9.17, 15) is 22.8 Å². The zero-order chi connectivity index (χ0) is 13.8. The summed E-state index contributed by atoms with van der Waals surface area (Å²) in [5, 5.41) is 2.03. The molecule has 0 spiro atoms. The van der Waals surface area contributed by atoms with Crippen LogP contribution in [-0.2, 0) is 16.0 Å². The van der Waals surface area contributed by atoms with Gasteiger partial charge in [-0.05, 0) is 5.56 Å². The summed E-state index contributed by atoms with van der Waals surface area (Å²) in [6.07, 6.45) is -5.14. The van der Waals surface area contributed by atoms with Gasteiger partial charge >= 0.3 is 6.18 Å². The van der Waals surface area contributed by atoms with Crippen molar-refractivity contribution >= 4 is 11.7 Å². The number of Topliss-reactive ketones (excluding diaryl/α,β-unsaturated/α-hetero) is 1. The van der Waals surface area contributed by atoms with Crippen LogP contribution in [0, 0.1) is 0 Å². The van der Waals surface area contributed by atoms with E-state index in [2.05, 4.69) is 0 Å². The van der Waals surface area contributed by atoms with Gasteiger partial charge in [0.25, 0.3) is 5.78 Å². The van der Waals surface area contributed by atoms with Crippen molar-refractivity contribution in [3.8, 4) is 0 Å². The molecule has 3 nitrogen and oxygen atoms in total. The molecular weight excluding hydrogens is 247 g/mol. The minimum absolute atomic E-state index is 0.182. The fraction of sp³-hybridized carbons (Fsp3) is 0.333. The van der Waals surface area contributed by atoms with Gasteiger partial charge in [-0.15, -0.1) is 0 Å². The SMILES string of the molecule is CC(=O)N[C@@H](Cc1ccccc1)C(=O)C(F)(F)F. The van der Waals surface area contributed by atoms with E-state index in [0.717, 1.165) is 6.92 Å². The highest BCUT2D eigenvalue weighted by Crippen LogP contribution is 2.19. The summed E-state index contributed by atoms with van der Waals surface area (Å²) >= 11 is 0. The topological polar surface area (TPSA) is 46.2 Å². The standard InChI is InChI=1S/C12H12F3NO2/c1-8(17)16-10(11(18)12(13,14)15)7-9-5-3-2-4-6-9/h2-6,10H,7H2,1H3,(H,16,17)/t10-/m0/s1. The Hall–Kier alpha value is -1.85. The molecule has 0 aromatic heterocycles. The number of hydrogen-bond acceptors (Lipinski definition) is 2. The molecule has 1 N–H and O–H groups in total. The molecule has 0 aliphatic carbocycles. The molecular formula is C12H12F3NO2. The third-order valence-corrected chi connectivity index (χ3v) is 2.26. The van der Waals surface area contributed by atoms with Crippen LogP contribution < -0.4 is 5.32 Å². The molecule has 0 aliphatic rings. The highest BCUT2D eigenvalue weighted by Gasteiger charge is 2.43. The first-order valence-electron chi connectivity index (χ1n) is 5.23. The summed E-state index contributed by atoms with van der Waals surface area (Å²) in [5.41, 5.74) is 0.550. The van der Waals surface area contributed by atoms with E-state index in [1.54, 1.807) is 30.3 Å². The Bertz CT molecular complexity index is 429. The third-order valence-electron chi connectivity index (χ3n) is 2.26. The molecule has 0 bridgehead atoms. The predicted molar refractivity (Wildman–Crippen MR) is 58.8 cm³/mol. The van der Waals surface area contributed by atoms with E-state index >= 15 is 0 Å². The molecule has 18 heavy (non-hydrogen) atoms. The maximum atomic E-state index is 12.4. The van der Waals surface area contributed by atoms with Crippen LogP contribution in [0.25, 0.3) is 0 Å². The summed E-state index contributed by atoms with van der Waals surface area (Å²) in [6.45, 7) is 1.07. The second-order valence-electron chi connectivity index (χ2n) is 3.80. The second-order valence-corrected chi connectivity index (χ2v) is 3.80. The van der Waals surface area contributed by atoms with Gasteiger partial charge in [-0.3, -0.25) is 9.59 Å². The number of amides is 1. The summed E-state index contributed by atoms with van der Waals surface area (Å²) in [4.78, 5) is 22.0. The average Bonchev–Trinajstić information content (AvgIpc) is 2.26. The Labute approximate surface area is 102 Å². The summed E-state index contributed by atoms with van der Waals surface area (Å²) in [6, 6.07) is 6.63. The zero-order valence-electron chi connectivity index (χ0n) is 9.62. The Morgan fingerprint density at radius 3 is 2.22 bits per heavy atom. The molecule has 0 radical (unpaired) electrons. The maximum absolute atomic E-state index is 12.4. The number of carbonyl (C=O) groups excluding carboxylic acids is 2. The van der Waals surface area contributed by atoms with Crippen LogP contribution in [0.1, 0.15) is 12.5 Å². The molecule has 1 amide bonds. The quantitative estimate of drug-likeness (QED) is 0.897. The molecule has 1 rings (SSSR count). The third kappa shape index (κ3) is 4.20. The van der Waals surface area contributed by atoms with Crippen LogP contribution in [0.4, 0.5) is 13.2 Å². The number of alkyl halides is 3. The van der Waals surface area contributed by atoms with E-state index in [1.807, 2.05) is 5.32 Å². The van der Waals surface area contributed by atoms with E-state index < -0.39 is 23.9 Å². The van der Waals surface area contributed by atoms with Crippen LogP contribution in [0.15, 0.2) is 30.3 Å². The monoisotopic (exact) mass is 259 g/mol. The molecule has 0 fully saturated rings. The largest absolute Gasteiger partial charge is 0.452 e. The van der Waals surface area contributed by atoms with Crippen LogP contribution in [0.5, 0.6) is 0 Å².